The lowest BCUT2D eigenvalue weighted by Gasteiger charge is -2.24. The molecule has 0 saturated heterocycles. The van der Waals surface area contributed by atoms with Gasteiger partial charge in [0.15, 0.2) is 5.82 Å². The Morgan fingerprint density at radius 3 is 2.50 bits per heavy atom. The molecule has 1 N–H and O–H groups in total. The number of hydrogen-bond acceptors (Lipinski definition) is 2. The second kappa shape index (κ2) is 6.92. The smallest absolute Gasteiger partial charge is 0.211 e. The third kappa shape index (κ3) is 4.56. The van der Waals surface area contributed by atoms with E-state index in [0.717, 1.165) is 11.8 Å². The highest BCUT2D eigenvalue weighted by atomic mass is 79.9. The van der Waals surface area contributed by atoms with E-state index >= 15 is 0 Å². The summed E-state index contributed by atoms with van der Waals surface area (Å²) < 4.78 is 40.3. The number of halogens is 4. The van der Waals surface area contributed by atoms with E-state index in [4.69, 9.17) is 23.2 Å². The Morgan fingerprint density at radius 2 is 1.95 bits per heavy atom. The molecule has 1 rings (SSSR count). The summed E-state index contributed by atoms with van der Waals surface area (Å²) in [6.45, 7) is 4.09. The van der Waals surface area contributed by atoms with Crippen molar-refractivity contribution in [2.75, 3.05) is 11.9 Å². The van der Waals surface area contributed by atoms with E-state index in [0.29, 0.717) is 0 Å². The largest absolute Gasteiger partial charge is 0.242 e. The molecule has 0 aliphatic carbocycles. The van der Waals surface area contributed by atoms with Crippen LogP contribution in [0.25, 0.3) is 0 Å². The molecule has 0 saturated carbocycles. The molecule has 3 nitrogen and oxygen atoms in total. The minimum atomic E-state index is -3.88. The number of benzene rings is 1. The van der Waals surface area contributed by atoms with Gasteiger partial charge in [0.1, 0.15) is 4.90 Å². The molecule has 8 heteroatoms. The lowest BCUT2D eigenvalue weighted by Crippen LogP contribution is -2.34. The van der Waals surface area contributed by atoms with Gasteiger partial charge in [-0.15, -0.1) is 0 Å². The van der Waals surface area contributed by atoms with E-state index in [9.17, 15) is 12.8 Å². The van der Waals surface area contributed by atoms with Gasteiger partial charge in [0.05, 0.1) is 10.0 Å². The Morgan fingerprint density at radius 1 is 1.35 bits per heavy atom. The second-order valence-electron chi connectivity index (χ2n) is 5.10. The molecule has 0 unspecified atom stereocenters. The maximum Gasteiger partial charge on any atom is 0.242 e. The molecule has 0 amide bonds. The van der Waals surface area contributed by atoms with Gasteiger partial charge < -0.3 is 0 Å². The van der Waals surface area contributed by atoms with E-state index in [1.54, 1.807) is 0 Å². The number of alkyl halides is 1. The molecule has 0 spiro atoms. The monoisotopic (exact) mass is 405 g/mol. The van der Waals surface area contributed by atoms with Crippen molar-refractivity contribution in [2.45, 2.75) is 25.2 Å². The van der Waals surface area contributed by atoms with Crippen LogP contribution in [0.1, 0.15) is 20.3 Å². The predicted molar refractivity (Wildman–Crippen MR) is 83.8 cm³/mol. The fourth-order valence-corrected chi connectivity index (χ4v) is 4.49. The fraction of sp³-hybridized carbons (Fsp3) is 0.500. The first-order valence-electron chi connectivity index (χ1n) is 5.80. The Hall–Kier alpha value is 0.120. The van der Waals surface area contributed by atoms with Gasteiger partial charge >= 0.3 is 0 Å². The minimum Gasteiger partial charge on any atom is -0.211 e. The topological polar surface area (TPSA) is 46.2 Å². The minimum absolute atomic E-state index is 0.214. The predicted octanol–water partition coefficient (Wildman–Crippen LogP) is 4.22. The van der Waals surface area contributed by atoms with Crippen LogP contribution in [-0.4, -0.2) is 20.3 Å². The molecule has 0 fully saturated rings. The van der Waals surface area contributed by atoms with Crippen LogP contribution >= 0.6 is 39.1 Å². The van der Waals surface area contributed by atoms with Crippen LogP contribution in [0, 0.1) is 11.2 Å². The third-order valence-electron chi connectivity index (χ3n) is 2.80. The molecule has 0 aliphatic heterocycles. The van der Waals surface area contributed by atoms with E-state index < -0.39 is 20.9 Å². The number of nitrogens with one attached hydrogen (secondary N) is 1. The van der Waals surface area contributed by atoms with Crippen molar-refractivity contribution >= 4 is 49.2 Å². The summed E-state index contributed by atoms with van der Waals surface area (Å²) in [6.07, 6.45) is 0.790. The molecular formula is C12H15BrCl2FNO2S. The number of sulfonamides is 1. The Labute approximate surface area is 137 Å². The molecule has 0 radical (unpaired) electrons. The standard InChI is InChI=1S/C12H15BrCl2FNO2S/c1-12(2,5-6-13)7-17-20(18,19)9-4-3-8(14)11(16)10(9)15/h3-4,17H,5-7H2,1-2H3. The molecule has 114 valence electrons. The van der Waals surface area contributed by atoms with Gasteiger partial charge in [-0.3, -0.25) is 0 Å². The molecule has 0 aromatic heterocycles. The van der Waals surface area contributed by atoms with Gasteiger partial charge in [0.25, 0.3) is 0 Å². The lowest BCUT2D eigenvalue weighted by molar-refractivity contribution is 0.354. The van der Waals surface area contributed by atoms with E-state index in [1.165, 1.54) is 12.1 Å². The summed E-state index contributed by atoms with van der Waals surface area (Å²) in [5.74, 6) is -0.934. The quantitative estimate of drug-likeness (QED) is 0.567. The molecule has 0 aliphatic rings. The van der Waals surface area contributed by atoms with Crippen molar-refractivity contribution in [3.8, 4) is 0 Å². The zero-order chi connectivity index (χ0) is 15.6. The van der Waals surface area contributed by atoms with Crippen LogP contribution in [0.15, 0.2) is 17.0 Å². The van der Waals surface area contributed by atoms with E-state index in [2.05, 4.69) is 20.7 Å². The average Bonchev–Trinajstić information content (AvgIpc) is 2.34. The van der Waals surface area contributed by atoms with E-state index in [1.807, 2.05) is 13.8 Å². The van der Waals surface area contributed by atoms with Crippen molar-refractivity contribution in [1.82, 2.24) is 4.72 Å². The molecule has 0 heterocycles. The second-order valence-corrected chi connectivity index (χ2v) is 8.41. The van der Waals surface area contributed by atoms with Crippen molar-refractivity contribution < 1.29 is 12.8 Å². The van der Waals surface area contributed by atoms with Gasteiger partial charge in [0.2, 0.25) is 10.0 Å². The van der Waals surface area contributed by atoms with Crippen LogP contribution in [0.2, 0.25) is 10.0 Å². The molecule has 1 aromatic rings. The van der Waals surface area contributed by atoms with Gasteiger partial charge in [-0.1, -0.05) is 53.0 Å². The zero-order valence-corrected chi connectivity index (χ0v) is 14.9. The summed E-state index contributed by atoms with van der Waals surface area (Å²) in [6, 6.07) is 2.36. The van der Waals surface area contributed by atoms with Crippen LogP contribution in [-0.2, 0) is 10.0 Å². The van der Waals surface area contributed by atoms with Gasteiger partial charge in [-0.05, 0) is 24.0 Å². The normalized spacial score (nSPS) is 12.7. The Bertz CT molecular complexity index is 593. The molecular weight excluding hydrogens is 392 g/mol. The molecule has 0 bridgehead atoms. The highest BCUT2D eigenvalue weighted by Gasteiger charge is 2.25. The van der Waals surface area contributed by atoms with Crippen molar-refractivity contribution in [3.05, 3.63) is 28.0 Å². The fourth-order valence-electron chi connectivity index (χ4n) is 1.43. The Kier molecular flexibility index (Phi) is 6.29. The summed E-state index contributed by atoms with van der Waals surface area (Å²) in [7, 11) is -3.88. The number of hydrogen-bond donors (Lipinski definition) is 1. The van der Waals surface area contributed by atoms with Crippen LogP contribution in [0.3, 0.4) is 0 Å². The van der Waals surface area contributed by atoms with Crippen LogP contribution in [0.5, 0.6) is 0 Å². The maximum atomic E-state index is 13.6. The molecule has 20 heavy (non-hydrogen) atoms. The zero-order valence-electron chi connectivity index (χ0n) is 11.0. The van der Waals surface area contributed by atoms with Crippen LogP contribution in [0.4, 0.5) is 4.39 Å². The SMILES string of the molecule is CC(C)(CCBr)CNS(=O)(=O)c1ccc(Cl)c(F)c1Cl. The van der Waals surface area contributed by atoms with Crippen LogP contribution < -0.4 is 4.72 Å². The van der Waals surface area contributed by atoms with Gasteiger partial charge in [0, 0.05) is 11.9 Å². The highest BCUT2D eigenvalue weighted by Crippen LogP contribution is 2.30. The first kappa shape index (κ1) is 18.2. The van der Waals surface area contributed by atoms with Crippen molar-refractivity contribution in [1.29, 1.82) is 0 Å². The summed E-state index contributed by atoms with van der Waals surface area (Å²) in [5, 5.41) is 0.0507. The van der Waals surface area contributed by atoms with Crippen molar-refractivity contribution in [2.24, 2.45) is 5.41 Å². The number of rotatable bonds is 6. The first-order chi connectivity index (χ1) is 9.10. The van der Waals surface area contributed by atoms with Gasteiger partial charge in [-0.2, -0.15) is 0 Å². The average molecular weight is 407 g/mol. The lowest BCUT2D eigenvalue weighted by atomic mass is 9.91. The maximum absolute atomic E-state index is 13.6. The third-order valence-corrected chi connectivity index (χ3v) is 5.41. The summed E-state index contributed by atoms with van der Waals surface area (Å²) in [5.41, 5.74) is -0.228. The molecule has 1 aromatic carbocycles. The van der Waals surface area contributed by atoms with E-state index in [-0.39, 0.29) is 21.9 Å². The van der Waals surface area contributed by atoms with Crippen molar-refractivity contribution in [3.63, 3.8) is 0 Å². The first-order valence-corrected chi connectivity index (χ1v) is 9.16. The summed E-state index contributed by atoms with van der Waals surface area (Å²) in [4.78, 5) is -0.310. The Balaban J connectivity index is 2.99. The molecule has 0 atom stereocenters. The highest BCUT2D eigenvalue weighted by molar-refractivity contribution is 9.09. The summed E-state index contributed by atoms with van der Waals surface area (Å²) >= 11 is 14.6. The van der Waals surface area contributed by atoms with Gasteiger partial charge in [-0.25, -0.2) is 17.5 Å².